The molecule has 0 aromatic carbocycles. The molecule has 0 fully saturated rings. The molecular weight excluding hydrogens is 276 g/mol. The van der Waals surface area contributed by atoms with E-state index in [1.807, 2.05) is 19.2 Å². The monoisotopic (exact) mass is 288 g/mol. The summed E-state index contributed by atoms with van der Waals surface area (Å²) in [7, 11) is 0. The van der Waals surface area contributed by atoms with Gasteiger partial charge >= 0.3 is 0 Å². The highest BCUT2D eigenvalue weighted by molar-refractivity contribution is 9.10. The highest BCUT2D eigenvalue weighted by Gasteiger charge is 2.05. The molecule has 15 heavy (non-hydrogen) atoms. The lowest BCUT2D eigenvalue weighted by Crippen LogP contribution is -2.14. The highest BCUT2D eigenvalue weighted by Crippen LogP contribution is 2.16. The second-order valence-corrected chi connectivity index (χ2v) is 5.01. The molecule has 1 aromatic rings. The van der Waals surface area contributed by atoms with Gasteiger partial charge in [-0.25, -0.2) is 4.98 Å². The Morgan fingerprint density at radius 3 is 3.00 bits per heavy atom. The Hall–Kier alpha value is -0.550. The van der Waals surface area contributed by atoms with E-state index in [2.05, 4.69) is 26.2 Å². The molecule has 1 rings (SSSR count). The maximum atomic E-state index is 11.4. The molecule has 1 aromatic heterocycles. The number of amides is 1. The van der Waals surface area contributed by atoms with Crippen LogP contribution < -0.4 is 5.32 Å². The summed E-state index contributed by atoms with van der Waals surface area (Å²) in [5.74, 6) is 1.49. The topological polar surface area (TPSA) is 42.0 Å². The van der Waals surface area contributed by atoms with E-state index < -0.39 is 0 Å². The second kappa shape index (κ2) is 6.12. The SMILES string of the molecule is CSCCC(=O)Nc1ncc(Br)cc1C. The summed E-state index contributed by atoms with van der Waals surface area (Å²) in [6.45, 7) is 1.92. The Bertz CT molecular complexity index is 357. The lowest BCUT2D eigenvalue weighted by molar-refractivity contribution is -0.115. The third kappa shape index (κ3) is 4.22. The van der Waals surface area contributed by atoms with Crippen molar-refractivity contribution in [2.24, 2.45) is 0 Å². The molecule has 0 unspecified atom stereocenters. The van der Waals surface area contributed by atoms with Crippen LogP contribution in [-0.4, -0.2) is 22.9 Å². The van der Waals surface area contributed by atoms with Crippen molar-refractivity contribution in [3.8, 4) is 0 Å². The zero-order valence-electron chi connectivity index (χ0n) is 8.71. The molecule has 0 spiro atoms. The fourth-order valence-electron chi connectivity index (χ4n) is 1.06. The minimum atomic E-state index is 0.0160. The van der Waals surface area contributed by atoms with Gasteiger partial charge in [-0.15, -0.1) is 0 Å². The van der Waals surface area contributed by atoms with E-state index in [0.717, 1.165) is 15.8 Å². The van der Waals surface area contributed by atoms with E-state index in [0.29, 0.717) is 12.2 Å². The number of carbonyl (C=O) groups excluding carboxylic acids is 1. The van der Waals surface area contributed by atoms with Crippen LogP contribution in [0.4, 0.5) is 5.82 Å². The lowest BCUT2D eigenvalue weighted by Gasteiger charge is -2.06. The average molecular weight is 289 g/mol. The zero-order valence-corrected chi connectivity index (χ0v) is 11.1. The third-order valence-electron chi connectivity index (χ3n) is 1.84. The van der Waals surface area contributed by atoms with Crippen LogP contribution in [0.25, 0.3) is 0 Å². The fraction of sp³-hybridized carbons (Fsp3) is 0.400. The molecule has 3 nitrogen and oxygen atoms in total. The van der Waals surface area contributed by atoms with Crippen molar-refractivity contribution in [2.45, 2.75) is 13.3 Å². The molecule has 1 heterocycles. The molecule has 5 heteroatoms. The van der Waals surface area contributed by atoms with Gasteiger partial charge in [0, 0.05) is 22.8 Å². The predicted octanol–water partition coefficient (Wildman–Crippen LogP) is 2.84. The Morgan fingerprint density at radius 2 is 2.40 bits per heavy atom. The van der Waals surface area contributed by atoms with E-state index in [9.17, 15) is 4.79 Å². The minimum absolute atomic E-state index is 0.0160. The first-order valence-electron chi connectivity index (χ1n) is 4.54. The molecule has 0 bridgehead atoms. The summed E-state index contributed by atoms with van der Waals surface area (Å²) in [6, 6.07) is 1.93. The number of halogens is 1. The van der Waals surface area contributed by atoms with Crippen molar-refractivity contribution >= 4 is 39.4 Å². The Balaban J connectivity index is 2.60. The smallest absolute Gasteiger partial charge is 0.226 e. The van der Waals surface area contributed by atoms with Crippen molar-refractivity contribution in [1.29, 1.82) is 0 Å². The fourth-order valence-corrected chi connectivity index (χ4v) is 1.90. The number of nitrogens with zero attached hydrogens (tertiary/aromatic N) is 1. The normalized spacial score (nSPS) is 10.1. The van der Waals surface area contributed by atoms with Crippen molar-refractivity contribution in [3.63, 3.8) is 0 Å². The van der Waals surface area contributed by atoms with E-state index in [1.54, 1.807) is 18.0 Å². The number of hydrogen-bond donors (Lipinski definition) is 1. The maximum absolute atomic E-state index is 11.4. The first-order valence-corrected chi connectivity index (χ1v) is 6.73. The average Bonchev–Trinajstić information content (AvgIpc) is 2.19. The number of aromatic nitrogens is 1. The first kappa shape index (κ1) is 12.5. The van der Waals surface area contributed by atoms with Crippen molar-refractivity contribution < 1.29 is 4.79 Å². The largest absolute Gasteiger partial charge is 0.310 e. The summed E-state index contributed by atoms with van der Waals surface area (Å²) in [5.41, 5.74) is 0.960. The standard InChI is InChI=1S/C10H13BrN2OS/c1-7-5-8(11)6-12-10(7)13-9(14)3-4-15-2/h5-6H,3-4H2,1-2H3,(H,12,13,14). The number of hydrogen-bond acceptors (Lipinski definition) is 3. The van der Waals surface area contributed by atoms with Crippen LogP contribution in [0.15, 0.2) is 16.7 Å². The van der Waals surface area contributed by atoms with Crippen LogP contribution in [-0.2, 0) is 4.79 Å². The van der Waals surface area contributed by atoms with Gasteiger partial charge in [0.1, 0.15) is 5.82 Å². The summed E-state index contributed by atoms with van der Waals surface area (Å²) >= 11 is 4.98. The number of rotatable bonds is 4. The van der Waals surface area contributed by atoms with Gasteiger partial charge in [0.2, 0.25) is 5.91 Å². The van der Waals surface area contributed by atoms with E-state index >= 15 is 0 Å². The maximum Gasteiger partial charge on any atom is 0.226 e. The number of pyridine rings is 1. The van der Waals surface area contributed by atoms with Gasteiger partial charge in [-0.2, -0.15) is 11.8 Å². The van der Waals surface area contributed by atoms with Gasteiger partial charge in [-0.1, -0.05) is 0 Å². The van der Waals surface area contributed by atoms with E-state index in [-0.39, 0.29) is 5.91 Å². The van der Waals surface area contributed by atoms with Crippen LogP contribution in [0.5, 0.6) is 0 Å². The van der Waals surface area contributed by atoms with Gasteiger partial charge in [-0.3, -0.25) is 4.79 Å². The first-order chi connectivity index (χ1) is 7.13. The molecule has 0 aliphatic rings. The molecule has 0 atom stereocenters. The quantitative estimate of drug-likeness (QED) is 0.926. The zero-order chi connectivity index (χ0) is 11.3. The molecular formula is C10H13BrN2OS. The van der Waals surface area contributed by atoms with Crippen molar-refractivity contribution in [1.82, 2.24) is 4.98 Å². The molecule has 0 aliphatic heterocycles. The Labute approximate surface area is 102 Å². The molecule has 0 saturated carbocycles. The van der Waals surface area contributed by atoms with E-state index in [4.69, 9.17) is 0 Å². The third-order valence-corrected chi connectivity index (χ3v) is 2.88. The summed E-state index contributed by atoms with van der Waals surface area (Å²) in [4.78, 5) is 15.6. The number of nitrogens with one attached hydrogen (secondary N) is 1. The van der Waals surface area contributed by atoms with Crippen LogP contribution in [0.3, 0.4) is 0 Å². The summed E-state index contributed by atoms with van der Waals surface area (Å²) in [6.07, 6.45) is 4.19. The van der Waals surface area contributed by atoms with Crippen LogP contribution >= 0.6 is 27.7 Å². The lowest BCUT2D eigenvalue weighted by atomic mass is 10.3. The van der Waals surface area contributed by atoms with Gasteiger partial charge in [-0.05, 0) is 40.7 Å². The summed E-state index contributed by atoms with van der Waals surface area (Å²) in [5, 5.41) is 2.79. The predicted molar refractivity (Wildman–Crippen MR) is 68.3 cm³/mol. The second-order valence-electron chi connectivity index (χ2n) is 3.11. The van der Waals surface area contributed by atoms with Crippen LogP contribution in [0.1, 0.15) is 12.0 Å². The molecule has 1 amide bonds. The van der Waals surface area contributed by atoms with Gasteiger partial charge in [0.25, 0.3) is 0 Å². The Kier molecular flexibility index (Phi) is 5.11. The van der Waals surface area contributed by atoms with Gasteiger partial charge < -0.3 is 5.32 Å². The van der Waals surface area contributed by atoms with Crippen LogP contribution in [0.2, 0.25) is 0 Å². The van der Waals surface area contributed by atoms with Crippen molar-refractivity contribution in [2.75, 3.05) is 17.3 Å². The number of anilines is 1. The van der Waals surface area contributed by atoms with Crippen LogP contribution in [0, 0.1) is 6.92 Å². The Morgan fingerprint density at radius 1 is 1.67 bits per heavy atom. The molecule has 1 N–H and O–H groups in total. The van der Waals surface area contributed by atoms with E-state index in [1.165, 1.54) is 0 Å². The molecule has 0 radical (unpaired) electrons. The highest BCUT2D eigenvalue weighted by atomic mass is 79.9. The number of carbonyl (C=O) groups is 1. The van der Waals surface area contributed by atoms with Gasteiger partial charge in [0.05, 0.1) is 0 Å². The molecule has 82 valence electrons. The minimum Gasteiger partial charge on any atom is -0.310 e. The number of aryl methyl sites for hydroxylation is 1. The van der Waals surface area contributed by atoms with Crippen molar-refractivity contribution in [3.05, 3.63) is 22.3 Å². The number of thioether (sulfide) groups is 1. The molecule has 0 aliphatic carbocycles. The van der Waals surface area contributed by atoms with Gasteiger partial charge in [0.15, 0.2) is 0 Å². The summed E-state index contributed by atoms with van der Waals surface area (Å²) < 4.78 is 0.919. The molecule has 0 saturated heterocycles.